The molecule has 7 heteroatoms. The molecule has 0 aliphatic rings. The van der Waals surface area contributed by atoms with Gasteiger partial charge in [0.2, 0.25) is 0 Å². The molecule has 0 spiro atoms. The van der Waals surface area contributed by atoms with E-state index in [1.165, 1.54) is 14.2 Å². The minimum Gasteiger partial charge on any atom is -0.493 e. The van der Waals surface area contributed by atoms with Crippen LogP contribution in [0.5, 0.6) is 11.5 Å². The number of methoxy groups -OCH3 is 2. The highest BCUT2D eigenvalue weighted by Crippen LogP contribution is 2.41. The maximum Gasteiger partial charge on any atom is 0.333 e. The number of benzene rings is 3. The molecule has 0 amide bonds. The van der Waals surface area contributed by atoms with Crippen LogP contribution in [-0.2, 0) is 10.3 Å². The largest absolute Gasteiger partial charge is 0.493 e. The SMILES string of the molecule is COc1cc(-c2ccccc2)c(C(C)(Nc2ccc(C(=N)N)cc2)C(=O)O)cc1OC. The number of aliphatic carboxylic acids is 1. The lowest BCUT2D eigenvalue weighted by Gasteiger charge is -2.31. The molecule has 1 atom stereocenters. The summed E-state index contributed by atoms with van der Waals surface area (Å²) in [5, 5.41) is 20.9. The molecule has 7 nitrogen and oxygen atoms in total. The Hall–Kier alpha value is -4.00. The Morgan fingerprint density at radius 3 is 2.10 bits per heavy atom. The van der Waals surface area contributed by atoms with Crippen LogP contribution in [0.3, 0.4) is 0 Å². The van der Waals surface area contributed by atoms with Crippen LogP contribution in [0.15, 0.2) is 66.7 Å². The lowest BCUT2D eigenvalue weighted by atomic mass is 9.84. The zero-order chi connectivity index (χ0) is 22.6. The van der Waals surface area contributed by atoms with Crippen LogP contribution in [0.25, 0.3) is 11.1 Å². The molecule has 0 fully saturated rings. The van der Waals surface area contributed by atoms with Crippen molar-refractivity contribution < 1.29 is 19.4 Å². The Morgan fingerprint density at radius 2 is 1.58 bits per heavy atom. The minimum atomic E-state index is -1.50. The number of carboxylic acids is 1. The summed E-state index contributed by atoms with van der Waals surface area (Å²) < 4.78 is 10.9. The van der Waals surface area contributed by atoms with Gasteiger partial charge in [-0.25, -0.2) is 4.79 Å². The van der Waals surface area contributed by atoms with Gasteiger partial charge in [0.05, 0.1) is 14.2 Å². The maximum absolute atomic E-state index is 12.6. The molecule has 0 heterocycles. The van der Waals surface area contributed by atoms with Gasteiger partial charge in [-0.3, -0.25) is 5.41 Å². The number of anilines is 1. The summed E-state index contributed by atoms with van der Waals surface area (Å²) in [4.78, 5) is 12.6. The van der Waals surface area contributed by atoms with E-state index in [1.54, 1.807) is 43.3 Å². The first-order valence-electron chi connectivity index (χ1n) is 9.58. The normalized spacial score (nSPS) is 12.5. The number of hydrogen-bond acceptors (Lipinski definition) is 5. The number of carboxylic acid groups (broad SMARTS) is 1. The second-order valence-corrected chi connectivity index (χ2v) is 7.16. The van der Waals surface area contributed by atoms with E-state index in [9.17, 15) is 9.90 Å². The lowest BCUT2D eigenvalue weighted by molar-refractivity contribution is -0.142. The molecule has 3 aromatic rings. The van der Waals surface area contributed by atoms with Crippen molar-refractivity contribution in [2.75, 3.05) is 19.5 Å². The molecule has 31 heavy (non-hydrogen) atoms. The summed E-state index contributed by atoms with van der Waals surface area (Å²) in [5.41, 5.74) is 7.21. The molecule has 5 N–H and O–H groups in total. The second kappa shape index (κ2) is 8.79. The van der Waals surface area contributed by atoms with Crippen LogP contribution < -0.4 is 20.5 Å². The Balaban J connectivity index is 2.19. The number of rotatable bonds is 8. The van der Waals surface area contributed by atoms with Gasteiger partial charge in [-0.1, -0.05) is 30.3 Å². The van der Waals surface area contributed by atoms with Gasteiger partial charge in [-0.05, 0) is 54.4 Å². The monoisotopic (exact) mass is 419 g/mol. The summed E-state index contributed by atoms with van der Waals surface area (Å²) in [6, 6.07) is 19.7. The minimum absolute atomic E-state index is 0.0567. The van der Waals surface area contributed by atoms with Gasteiger partial charge < -0.3 is 25.6 Å². The average Bonchev–Trinajstić information content (AvgIpc) is 2.78. The molecule has 0 bridgehead atoms. The molecule has 0 aliphatic carbocycles. The van der Waals surface area contributed by atoms with Crippen LogP contribution in [-0.4, -0.2) is 31.1 Å². The Bertz CT molecular complexity index is 1100. The van der Waals surface area contributed by atoms with E-state index in [1.807, 2.05) is 30.3 Å². The van der Waals surface area contributed by atoms with Crippen LogP contribution in [0, 0.1) is 5.41 Å². The van der Waals surface area contributed by atoms with Gasteiger partial charge in [0.1, 0.15) is 5.84 Å². The van der Waals surface area contributed by atoms with E-state index >= 15 is 0 Å². The predicted molar refractivity (Wildman–Crippen MR) is 121 cm³/mol. The smallest absolute Gasteiger partial charge is 0.333 e. The topological polar surface area (TPSA) is 118 Å². The number of carbonyl (C=O) groups is 1. The quantitative estimate of drug-likeness (QED) is 0.323. The molecule has 0 aromatic heterocycles. The van der Waals surface area contributed by atoms with Gasteiger partial charge >= 0.3 is 5.97 Å². The van der Waals surface area contributed by atoms with E-state index < -0.39 is 11.5 Å². The van der Waals surface area contributed by atoms with E-state index in [4.69, 9.17) is 20.6 Å². The fourth-order valence-corrected chi connectivity index (χ4v) is 3.41. The van der Waals surface area contributed by atoms with Crippen molar-refractivity contribution in [3.8, 4) is 22.6 Å². The number of nitrogens with one attached hydrogen (secondary N) is 2. The third-order valence-electron chi connectivity index (χ3n) is 5.17. The molecular weight excluding hydrogens is 394 g/mol. The third kappa shape index (κ3) is 4.30. The average molecular weight is 419 g/mol. The Labute approximate surface area is 180 Å². The van der Waals surface area contributed by atoms with E-state index in [0.29, 0.717) is 33.9 Å². The number of nitrogen functional groups attached to an aromatic ring is 1. The van der Waals surface area contributed by atoms with Crippen molar-refractivity contribution in [3.05, 3.63) is 77.9 Å². The summed E-state index contributed by atoms with van der Waals surface area (Å²) >= 11 is 0. The first kappa shape index (κ1) is 21.7. The van der Waals surface area contributed by atoms with Crippen molar-refractivity contribution in [2.45, 2.75) is 12.5 Å². The van der Waals surface area contributed by atoms with Gasteiger partial charge in [-0.15, -0.1) is 0 Å². The van der Waals surface area contributed by atoms with Crippen LogP contribution in [0.2, 0.25) is 0 Å². The summed E-state index contributed by atoms with van der Waals surface area (Å²) in [5.74, 6) is -0.187. The first-order valence-corrected chi connectivity index (χ1v) is 9.58. The standard InChI is InChI=1S/C24H25N3O4/c1-24(23(28)29,27-17-11-9-16(10-12-17)22(25)26)19-14-21(31-3)20(30-2)13-18(19)15-7-5-4-6-8-15/h4-14,27H,1-3H3,(H3,25,26)(H,28,29). The summed E-state index contributed by atoms with van der Waals surface area (Å²) in [6.45, 7) is 1.60. The third-order valence-corrected chi connectivity index (χ3v) is 5.17. The summed E-state index contributed by atoms with van der Waals surface area (Å²) in [6.07, 6.45) is 0. The van der Waals surface area contributed by atoms with Gasteiger partial charge in [0.15, 0.2) is 17.0 Å². The Morgan fingerprint density at radius 1 is 1.00 bits per heavy atom. The highest BCUT2D eigenvalue weighted by atomic mass is 16.5. The molecule has 3 aromatic carbocycles. The van der Waals surface area contributed by atoms with E-state index in [-0.39, 0.29) is 5.84 Å². The first-order chi connectivity index (χ1) is 14.8. The van der Waals surface area contributed by atoms with Crippen LogP contribution in [0.4, 0.5) is 5.69 Å². The van der Waals surface area contributed by atoms with Crippen LogP contribution in [0.1, 0.15) is 18.1 Å². The lowest BCUT2D eigenvalue weighted by Crippen LogP contribution is -2.41. The van der Waals surface area contributed by atoms with Crippen molar-refractivity contribution in [1.29, 1.82) is 5.41 Å². The van der Waals surface area contributed by atoms with Crippen molar-refractivity contribution in [3.63, 3.8) is 0 Å². The fraction of sp³-hybridized carbons (Fsp3) is 0.167. The maximum atomic E-state index is 12.6. The summed E-state index contributed by atoms with van der Waals surface area (Å²) in [7, 11) is 3.05. The second-order valence-electron chi connectivity index (χ2n) is 7.16. The van der Waals surface area contributed by atoms with Crippen LogP contribution >= 0.6 is 0 Å². The highest BCUT2D eigenvalue weighted by molar-refractivity contribution is 5.95. The Kier molecular flexibility index (Phi) is 6.15. The number of hydrogen-bond donors (Lipinski definition) is 4. The highest BCUT2D eigenvalue weighted by Gasteiger charge is 2.38. The zero-order valence-corrected chi connectivity index (χ0v) is 17.6. The number of amidine groups is 1. The van der Waals surface area contributed by atoms with Gasteiger partial charge in [0, 0.05) is 16.8 Å². The molecule has 0 saturated carbocycles. The van der Waals surface area contributed by atoms with E-state index in [2.05, 4.69) is 5.32 Å². The molecule has 0 radical (unpaired) electrons. The molecule has 0 saturated heterocycles. The predicted octanol–water partition coefficient (Wildman–Crippen LogP) is 4.07. The van der Waals surface area contributed by atoms with Gasteiger partial charge in [0.25, 0.3) is 0 Å². The van der Waals surface area contributed by atoms with E-state index in [0.717, 1.165) is 5.56 Å². The fourth-order valence-electron chi connectivity index (χ4n) is 3.41. The van der Waals surface area contributed by atoms with Crippen molar-refractivity contribution in [2.24, 2.45) is 5.73 Å². The molecular formula is C24H25N3O4. The number of ether oxygens (including phenoxy) is 2. The van der Waals surface area contributed by atoms with Gasteiger partial charge in [-0.2, -0.15) is 0 Å². The molecule has 160 valence electrons. The molecule has 0 aliphatic heterocycles. The molecule has 3 rings (SSSR count). The number of nitrogens with two attached hydrogens (primary N) is 1. The van der Waals surface area contributed by atoms with Crippen molar-refractivity contribution in [1.82, 2.24) is 0 Å². The molecule has 1 unspecified atom stereocenters. The zero-order valence-electron chi connectivity index (χ0n) is 17.6. The van der Waals surface area contributed by atoms with Crippen molar-refractivity contribution >= 4 is 17.5 Å².